The van der Waals surface area contributed by atoms with Gasteiger partial charge in [0.05, 0.1) is 11.4 Å². The lowest BCUT2D eigenvalue weighted by molar-refractivity contribution is -0.229. The summed E-state index contributed by atoms with van der Waals surface area (Å²) in [7, 11) is 5.92. The largest absolute Gasteiger partial charge is 0.437 e. The van der Waals surface area contributed by atoms with Crippen molar-refractivity contribution in [1.82, 2.24) is 9.97 Å². The second-order valence-electron chi connectivity index (χ2n) is 6.49. The van der Waals surface area contributed by atoms with Gasteiger partial charge in [0.2, 0.25) is 0 Å². The highest BCUT2D eigenvalue weighted by atomic mass is 16.9. The fraction of sp³-hybridized carbons (Fsp3) is 0.250. The van der Waals surface area contributed by atoms with Crippen LogP contribution >= 0.6 is 0 Å². The highest BCUT2D eigenvalue weighted by Gasteiger charge is 2.16. The average Bonchev–Trinajstić information content (AvgIpc) is 2.86. The summed E-state index contributed by atoms with van der Waals surface area (Å²) in [6, 6.07) is 15.1. The third-order valence-electron chi connectivity index (χ3n) is 4.37. The average molecular weight is 438 g/mol. The van der Waals surface area contributed by atoms with Crippen LogP contribution in [0.3, 0.4) is 0 Å². The highest BCUT2D eigenvalue weighted by Crippen LogP contribution is 2.31. The molecule has 0 saturated heterocycles. The van der Waals surface area contributed by atoms with Crippen LogP contribution in [0.2, 0.25) is 0 Å². The van der Waals surface area contributed by atoms with Gasteiger partial charge in [0.25, 0.3) is 0 Å². The van der Waals surface area contributed by atoms with Crippen LogP contribution < -0.4 is 9.47 Å². The molecule has 0 aliphatic carbocycles. The van der Waals surface area contributed by atoms with Gasteiger partial charge < -0.3 is 28.4 Å². The summed E-state index contributed by atoms with van der Waals surface area (Å²) in [6.45, 7) is -1.78. The van der Waals surface area contributed by atoms with Crippen LogP contribution in [0.5, 0.6) is 11.5 Å². The summed E-state index contributed by atoms with van der Waals surface area (Å²) in [6.07, 6.45) is 7.43. The van der Waals surface area contributed by atoms with E-state index < -0.39 is 13.0 Å². The predicted octanol–water partition coefficient (Wildman–Crippen LogP) is 4.22. The normalized spacial score (nSPS) is 11.4. The molecule has 2 heterocycles. The number of hydrogen-bond acceptors (Lipinski definition) is 8. The Morgan fingerprint density at radius 2 is 1.28 bits per heavy atom. The Labute approximate surface area is 187 Å². The van der Waals surface area contributed by atoms with E-state index in [1.165, 1.54) is 28.4 Å². The van der Waals surface area contributed by atoms with E-state index in [-0.39, 0.29) is 0 Å². The van der Waals surface area contributed by atoms with E-state index in [1.807, 2.05) is 48.6 Å². The molecule has 2 aromatic heterocycles. The lowest BCUT2D eigenvalue weighted by Crippen LogP contribution is -2.23. The summed E-state index contributed by atoms with van der Waals surface area (Å²) >= 11 is 0. The maximum absolute atomic E-state index is 5.76. The van der Waals surface area contributed by atoms with E-state index in [0.29, 0.717) is 11.5 Å². The molecule has 0 aliphatic rings. The van der Waals surface area contributed by atoms with Crippen molar-refractivity contribution in [2.75, 3.05) is 28.4 Å². The molecule has 0 atom stereocenters. The molecule has 3 rings (SSSR count). The van der Waals surface area contributed by atoms with Crippen molar-refractivity contribution in [3.63, 3.8) is 0 Å². The number of rotatable bonds is 11. The van der Waals surface area contributed by atoms with Gasteiger partial charge in [-0.15, -0.1) is 0 Å². The van der Waals surface area contributed by atoms with Crippen LogP contribution in [0.25, 0.3) is 23.5 Å². The highest BCUT2D eigenvalue weighted by molar-refractivity contribution is 5.71. The maximum Gasteiger partial charge on any atom is 0.315 e. The van der Waals surface area contributed by atoms with Gasteiger partial charge in [-0.3, -0.25) is 9.97 Å². The summed E-state index contributed by atoms with van der Waals surface area (Å²) in [5, 5.41) is 0. The molecular formula is C24H26N2O6. The molecule has 168 valence electrons. The lowest BCUT2D eigenvalue weighted by Gasteiger charge is -2.21. The first kappa shape index (κ1) is 23.4. The van der Waals surface area contributed by atoms with Crippen molar-refractivity contribution < 1.29 is 28.4 Å². The fourth-order valence-electron chi connectivity index (χ4n) is 2.77. The molecule has 0 unspecified atom stereocenters. The number of benzene rings is 1. The quantitative estimate of drug-likeness (QED) is 0.412. The molecule has 0 N–H and O–H groups in total. The third-order valence-corrected chi connectivity index (χ3v) is 4.37. The Hall–Kier alpha value is -3.30. The Morgan fingerprint density at radius 3 is 1.88 bits per heavy atom. The number of ether oxygens (including phenoxy) is 6. The first-order chi connectivity index (χ1) is 15.7. The van der Waals surface area contributed by atoms with E-state index in [4.69, 9.17) is 28.4 Å². The smallest absolute Gasteiger partial charge is 0.315 e. The number of methoxy groups -OCH3 is 4. The Bertz CT molecular complexity index is 987. The van der Waals surface area contributed by atoms with Crippen molar-refractivity contribution in [3.8, 4) is 22.9 Å². The number of aromatic nitrogens is 2. The number of nitrogens with zero attached hydrogens (tertiary/aromatic N) is 2. The van der Waals surface area contributed by atoms with Crippen LogP contribution in [0, 0.1) is 0 Å². The molecule has 0 spiro atoms. The molecule has 0 fully saturated rings. The van der Waals surface area contributed by atoms with E-state index in [1.54, 1.807) is 24.5 Å². The zero-order chi connectivity index (χ0) is 22.8. The predicted molar refractivity (Wildman–Crippen MR) is 120 cm³/mol. The molecule has 0 aliphatic heterocycles. The Balaban J connectivity index is 1.79. The Morgan fingerprint density at radius 1 is 0.656 bits per heavy atom. The van der Waals surface area contributed by atoms with Gasteiger partial charge in [-0.25, -0.2) is 0 Å². The van der Waals surface area contributed by atoms with Crippen LogP contribution in [-0.2, 0) is 18.9 Å². The van der Waals surface area contributed by atoms with Gasteiger partial charge in [0.1, 0.15) is 0 Å². The molecule has 0 radical (unpaired) electrons. The molecule has 8 nitrogen and oxygen atoms in total. The van der Waals surface area contributed by atoms with E-state index in [9.17, 15) is 0 Å². The molecule has 32 heavy (non-hydrogen) atoms. The molecular weight excluding hydrogens is 412 g/mol. The topological polar surface area (TPSA) is 81.2 Å². The van der Waals surface area contributed by atoms with Crippen molar-refractivity contribution in [2.45, 2.75) is 13.0 Å². The number of hydrogen-bond donors (Lipinski definition) is 0. The van der Waals surface area contributed by atoms with Gasteiger partial charge in [0, 0.05) is 40.8 Å². The molecule has 1 aromatic carbocycles. The minimum atomic E-state index is -0.900. The summed E-state index contributed by atoms with van der Waals surface area (Å²) in [5.41, 5.74) is 3.46. The Kier molecular flexibility index (Phi) is 8.70. The van der Waals surface area contributed by atoms with Gasteiger partial charge in [0.15, 0.2) is 11.5 Å². The molecule has 0 amide bonds. The molecule has 0 bridgehead atoms. The van der Waals surface area contributed by atoms with Crippen LogP contribution in [-0.4, -0.2) is 51.4 Å². The van der Waals surface area contributed by atoms with Crippen molar-refractivity contribution in [3.05, 3.63) is 72.1 Å². The van der Waals surface area contributed by atoms with Crippen molar-refractivity contribution in [2.24, 2.45) is 0 Å². The van der Waals surface area contributed by atoms with Gasteiger partial charge in [-0.1, -0.05) is 30.4 Å². The summed E-state index contributed by atoms with van der Waals surface area (Å²) in [5.74, 6) is 0.819. The third kappa shape index (κ3) is 6.35. The number of pyridine rings is 2. The minimum absolute atomic E-state index is 0.406. The zero-order valence-electron chi connectivity index (χ0n) is 18.4. The van der Waals surface area contributed by atoms with Crippen LogP contribution in [0.4, 0.5) is 0 Å². The van der Waals surface area contributed by atoms with Gasteiger partial charge in [-0.2, -0.15) is 0 Å². The second-order valence-corrected chi connectivity index (χ2v) is 6.49. The van der Waals surface area contributed by atoms with Crippen molar-refractivity contribution >= 4 is 12.2 Å². The molecule has 0 saturated carbocycles. The minimum Gasteiger partial charge on any atom is -0.437 e. The first-order valence-corrected chi connectivity index (χ1v) is 9.81. The van der Waals surface area contributed by atoms with Crippen molar-refractivity contribution in [1.29, 1.82) is 0 Å². The van der Waals surface area contributed by atoms with E-state index >= 15 is 0 Å². The van der Waals surface area contributed by atoms with Crippen LogP contribution in [0.1, 0.15) is 11.1 Å². The SMILES string of the molecule is COC(OC)Oc1ccc(/C=C/c2ccc(-c3ccccn3)nc2)cc1OC(OC)OC. The van der Waals surface area contributed by atoms with Gasteiger partial charge in [-0.05, 0) is 41.5 Å². The summed E-state index contributed by atoms with van der Waals surface area (Å²) < 4.78 is 31.9. The van der Waals surface area contributed by atoms with Crippen LogP contribution in [0.15, 0.2) is 60.9 Å². The zero-order valence-corrected chi connectivity index (χ0v) is 18.4. The maximum atomic E-state index is 5.76. The van der Waals surface area contributed by atoms with Gasteiger partial charge >= 0.3 is 13.0 Å². The first-order valence-electron chi connectivity index (χ1n) is 9.81. The van der Waals surface area contributed by atoms with E-state index in [2.05, 4.69) is 9.97 Å². The van der Waals surface area contributed by atoms with E-state index in [0.717, 1.165) is 22.5 Å². The molecule has 8 heteroatoms. The summed E-state index contributed by atoms with van der Waals surface area (Å²) in [4.78, 5) is 8.80. The lowest BCUT2D eigenvalue weighted by atomic mass is 10.1. The standard InChI is InChI=1S/C24H26N2O6/c1-27-23(28-2)31-21-13-11-17(15-22(21)32-24(29-3)30-4)8-9-18-10-12-20(26-16-18)19-7-5-6-14-25-19/h5-16,23-24H,1-4H3/b9-8+. The fourth-order valence-corrected chi connectivity index (χ4v) is 2.77. The second kappa shape index (κ2) is 11.9. The monoisotopic (exact) mass is 438 g/mol. The molecule has 3 aromatic rings.